The summed E-state index contributed by atoms with van der Waals surface area (Å²) in [5.74, 6) is -0.693. The molecular formula is C23H26FN3O4S. The molecule has 1 saturated heterocycles. The van der Waals surface area contributed by atoms with Crippen molar-refractivity contribution in [3.63, 3.8) is 0 Å². The highest BCUT2D eigenvalue weighted by Gasteiger charge is 2.35. The Balaban J connectivity index is 1.46. The molecule has 7 nitrogen and oxygen atoms in total. The van der Waals surface area contributed by atoms with E-state index in [2.05, 4.69) is 10.2 Å². The summed E-state index contributed by atoms with van der Waals surface area (Å²) < 4.78 is 35.7. The molecular weight excluding hydrogens is 433 g/mol. The number of nitrogens with zero attached hydrogens (tertiary/aromatic N) is 2. The largest absolute Gasteiger partial charge is 0.341 e. The lowest BCUT2D eigenvalue weighted by Crippen LogP contribution is -2.50. The number of carbonyl (C=O) groups excluding carboxylic acids is 2. The number of piperidine rings is 1. The summed E-state index contributed by atoms with van der Waals surface area (Å²) in [6.45, 7) is 1.60. The van der Waals surface area contributed by atoms with Crippen molar-refractivity contribution in [2.24, 2.45) is 0 Å². The van der Waals surface area contributed by atoms with Crippen LogP contribution in [0.4, 0.5) is 9.57 Å². The third-order valence-corrected chi connectivity index (χ3v) is 7.06. The van der Waals surface area contributed by atoms with Gasteiger partial charge in [-0.25, -0.2) is 0 Å². The van der Waals surface area contributed by atoms with Crippen molar-refractivity contribution < 1.29 is 21.9 Å². The van der Waals surface area contributed by atoms with E-state index in [1.165, 1.54) is 18.2 Å². The Hall–Kier alpha value is -2.78. The lowest BCUT2D eigenvalue weighted by atomic mass is 9.88. The SMILES string of the molecule is CN(Cc1cccc(S(=O)(=O)F)c1)C1CCCN(C(=O)C2CC(=O)Nc3ccccc32)C1. The Kier molecular flexibility index (Phi) is 6.30. The van der Waals surface area contributed by atoms with Gasteiger partial charge >= 0.3 is 10.2 Å². The molecule has 0 aliphatic carbocycles. The number of likely N-dealkylation sites (tertiary alicyclic amines) is 1. The number of anilines is 1. The van der Waals surface area contributed by atoms with Gasteiger partial charge in [-0.1, -0.05) is 30.3 Å². The minimum Gasteiger partial charge on any atom is -0.341 e. The van der Waals surface area contributed by atoms with Gasteiger partial charge in [0.1, 0.15) is 0 Å². The van der Waals surface area contributed by atoms with Crippen molar-refractivity contribution in [1.82, 2.24) is 9.80 Å². The topological polar surface area (TPSA) is 86.8 Å². The average molecular weight is 460 g/mol. The minimum atomic E-state index is -4.75. The summed E-state index contributed by atoms with van der Waals surface area (Å²) in [6, 6.07) is 13.3. The van der Waals surface area contributed by atoms with Gasteiger partial charge in [0.25, 0.3) is 0 Å². The lowest BCUT2D eigenvalue weighted by molar-refractivity contribution is -0.136. The van der Waals surface area contributed by atoms with E-state index in [0.717, 1.165) is 18.4 Å². The summed E-state index contributed by atoms with van der Waals surface area (Å²) in [7, 11) is -2.84. The van der Waals surface area contributed by atoms with Gasteiger partial charge in [0.2, 0.25) is 11.8 Å². The Morgan fingerprint density at radius 1 is 1.22 bits per heavy atom. The number of hydrogen-bond donors (Lipinski definition) is 1. The monoisotopic (exact) mass is 459 g/mol. The van der Waals surface area contributed by atoms with Crippen LogP contribution in [0.5, 0.6) is 0 Å². The molecule has 2 unspecified atom stereocenters. The first-order valence-corrected chi connectivity index (χ1v) is 12.0. The van der Waals surface area contributed by atoms with Crippen molar-refractivity contribution in [1.29, 1.82) is 0 Å². The van der Waals surface area contributed by atoms with Gasteiger partial charge in [0, 0.05) is 37.8 Å². The number of benzene rings is 2. The van der Waals surface area contributed by atoms with Crippen molar-refractivity contribution in [3.05, 3.63) is 59.7 Å². The number of rotatable bonds is 5. The zero-order valence-electron chi connectivity index (χ0n) is 17.8. The normalized spacial score (nSPS) is 21.2. The fraction of sp³-hybridized carbons (Fsp3) is 0.391. The molecule has 2 atom stereocenters. The quantitative estimate of drug-likeness (QED) is 0.695. The van der Waals surface area contributed by atoms with Crippen molar-refractivity contribution in [2.45, 2.75) is 42.7 Å². The summed E-state index contributed by atoms with van der Waals surface area (Å²) >= 11 is 0. The van der Waals surface area contributed by atoms with Crippen LogP contribution in [-0.2, 0) is 26.4 Å². The first-order valence-electron chi connectivity index (χ1n) is 10.6. The second-order valence-corrected chi connectivity index (χ2v) is 9.82. The molecule has 4 rings (SSSR count). The van der Waals surface area contributed by atoms with E-state index in [9.17, 15) is 21.9 Å². The fourth-order valence-corrected chi connectivity index (χ4v) is 5.11. The zero-order chi connectivity index (χ0) is 22.9. The molecule has 2 aromatic rings. The summed E-state index contributed by atoms with van der Waals surface area (Å²) in [4.78, 5) is 29.0. The van der Waals surface area contributed by atoms with Crippen LogP contribution >= 0.6 is 0 Å². The van der Waals surface area contributed by atoms with Crippen LogP contribution in [0, 0.1) is 0 Å². The zero-order valence-corrected chi connectivity index (χ0v) is 18.6. The third-order valence-electron chi connectivity index (χ3n) is 6.24. The molecule has 2 aliphatic heterocycles. The molecule has 0 bridgehead atoms. The Bertz CT molecular complexity index is 1140. The fourth-order valence-electron chi connectivity index (χ4n) is 4.58. The molecule has 1 N–H and O–H groups in total. The number of likely N-dealkylation sites (N-methyl/N-ethyl adjacent to an activating group) is 1. The second-order valence-electron chi connectivity index (χ2n) is 8.47. The van der Waals surface area contributed by atoms with Gasteiger partial charge < -0.3 is 10.2 Å². The second kappa shape index (κ2) is 8.99. The molecule has 2 amide bonds. The molecule has 0 spiro atoms. The molecule has 2 aromatic carbocycles. The van der Waals surface area contributed by atoms with Crippen molar-refractivity contribution >= 4 is 27.7 Å². The number of hydrogen-bond acceptors (Lipinski definition) is 5. The number of para-hydroxylation sites is 1. The van der Waals surface area contributed by atoms with Gasteiger partial charge in [-0.05, 0) is 49.2 Å². The van der Waals surface area contributed by atoms with Crippen LogP contribution in [0.3, 0.4) is 0 Å². The standard InChI is InChI=1S/C23H26FN3O4S/c1-26(14-16-6-4-8-18(12-16)32(24,30)31)17-7-5-11-27(15-17)23(29)20-13-22(28)25-21-10-3-2-9-19(20)21/h2-4,6,8-10,12,17,20H,5,7,11,13-15H2,1H3,(H,25,28). The van der Waals surface area contributed by atoms with E-state index in [0.29, 0.717) is 30.9 Å². The first-order chi connectivity index (χ1) is 15.2. The van der Waals surface area contributed by atoms with E-state index < -0.39 is 16.1 Å². The molecule has 170 valence electrons. The van der Waals surface area contributed by atoms with Crippen molar-refractivity contribution in [2.75, 3.05) is 25.5 Å². The summed E-state index contributed by atoms with van der Waals surface area (Å²) in [6.07, 6.45) is 1.86. The van der Waals surface area contributed by atoms with Gasteiger partial charge in [-0.15, -0.1) is 3.89 Å². The van der Waals surface area contributed by atoms with E-state index in [4.69, 9.17) is 0 Å². The maximum atomic E-state index is 13.4. The maximum absolute atomic E-state index is 13.4. The summed E-state index contributed by atoms with van der Waals surface area (Å²) in [5.41, 5.74) is 2.22. The molecule has 2 aliphatic rings. The predicted molar refractivity (Wildman–Crippen MR) is 118 cm³/mol. The van der Waals surface area contributed by atoms with Gasteiger partial charge in [0.15, 0.2) is 0 Å². The Labute approximate surface area is 187 Å². The molecule has 0 saturated carbocycles. The summed E-state index contributed by atoms with van der Waals surface area (Å²) in [5, 5.41) is 2.83. The highest BCUT2D eigenvalue weighted by atomic mass is 32.3. The van der Waals surface area contributed by atoms with Crippen LogP contribution in [0.15, 0.2) is 53.4 Å². The van der Waals surface area contributed by atoms with E-state index in [1.807, 2.05) is 36.2 Å². The Morgan fingerprint density at radius 2 is 2.00 bits per heavy atom. The minimum absolute atomic E-state index is 0.0454. The van der Waals surface area contributed by atoms with E-state index in [1.54, 1.807) is 6.07 Å². The number of nitrogens with one attached hydrogen (secondary N) is 1. The highest BCUT2D eigenvalue weighted by molar-refractivity contribution is 7.86. The van der Waals surface area contributed by atoms with Crippen LogP contribution < -0.4 is 5.32 Å². The molecule has 2 heterocycles. The first kappa shape index (κ1) is 22.4. The average Bonchev–Trinajstić information content (AvgIpc) is 2.77. The van der Waals surface area contributed by atoms with Gasteiger partial charge in [-0.3, -0.25) is 14.5 Å². The molecule has 1 fully saturated rings. The van der Waals surface area contributed by atoms with Crippen LogP contribution in [0.25, 0.3) is 0 Å². The number of halogens is 1. The number of fused-ring (bicyclic) bond motifs is 1. The third kappa shape index (κ3) is 4.83. The van der Waals surface area contributed by atoms with Crippen LogP contribution in [-0.4, -0.2) is 56.2 Å². The Morgan fingerprint density at radius 3 is 2.78 bits per heavy atom. The molecule has 9 heteroatoms. The van der Waals surface area contributed by atoms with Gasteiger partial charge in [0.05, 0.1) is 10.8 Å². The molecule has 0 aromatic heterocycles. The highest BCUT2D eigenvalue weighted by Crippen LogP contribution is 2.34. The maximum Gasteiger partial charge on any atom is 0.332 e. The number of amides is 2. The molecule has 32 heavy (non-hydrogen) atoms. The van der Waals surface area contributed by atoms with Crippen LogP contribution in [0.1, 0.15) is 36.3 Å². The lowest BCUT2D eigenvalue weighted by Gasteiger charge is -2.39. The predicted octanol–water partition coefficient (Wildman–Crippen LogP) is 2.89. The van der Waals surface area contributed by atoms with E-state index in [-0.39, 0.29) is 29.2 Å². The van der Waals surface area contributed by atoms with Crippen molar-refractivity contribution in [3.8, 4) is 0 Å². The smallest absolute Gasteiger partial charge is 0.332 e. The molecule has 0 radical (unpaired) electrons. The van der Waals surface area contributed by atoms with Crippen LogP contribution in [0.2, 0.25) is 0 Å². The number of carbonyl (C=O) groups is 2. The van der Waals surface area contributed by atoms with E-state index >= 15 is 0 Å². The van der Waals surface area contributed by atoms with Gasteiger partial charge in [-0.2, -0.15) is 8.42 Å².